The highest BCUT2D eigenvalue weighted by atomic mass is 79.9. The highest BCUT2D eigenvalue weighted by molar-refractivity contribution is 9.10. The summed E-state index contributed by atoms with van der Waals surface area (Å²) >= 11 is 3.60. The Hall–Kier alpha value is -0.870. The predicted octanol–water partition coefficient (Wildman–Crippen LogP) is 2.49. The third-order valence-electron chi connectivity index (χ3n) is 2.77. The molecule has 0 atom stereocenters. The second-order valence-electron chi connectivity index (χ2n) is 3.91. The van der Waals surface area contributed by atoms with Crippen LogP contribution >= 0.6 is 15.9 Å². The molecule has 1 aromatic heterocycles. The molecule has 0 saturated carbocycles. The van der Waals surface area contributed by atoms with Crippen molar-refractivity contribution < 1.29 is 0 Å². The van der Waals surface area contributed by atoms with Crippen LogP contribution in [0, 0.1) is 0 Å². The van der Waals surface area contributed by atoms with Crippen molar-refractivity contribution in [3.05, 3.63) is 28.4 Å². The lowest BCUT2D eigenvalue weighted by molar-refractivity contribution is 0.665. The lowest BCUT2D eigenvalue weighted by atomic mass is 10.1. The maximum Gasteiger partial charge on any atom is 0.0937 e. The number of nitrogens with one attached hydrogen (secondary N) is 1. The van der Waals surface area contributed by atoms with Gasteiger partial charge in [-0.1, -0.05) is 22.0 Å². The lowest BCUT2D eigenvalue weighted by Crippen LogP contribution is -2.09. The van der Waals surface area contributed by atoms with Gasteiger partial charge in [0.15, 0.2) is 0 Å². The number of aromatic nitrogens is 2. The third-order valence-corrected chi connectivity index (χ3v) is 3.43. The number of hydrogen-bond acceptors (Lipinski definition) is 2. The van der Waals surface area contributed by atoms with E-state index in [0.717, 1.165) is 29.4 Å². The molecule has 0 amide bonds. The SMILES string of the molecule is CNCCCc1c2c(Br)cccc2nn1C. The quantitative estimate of drug-likeness (QED) is 0.873. The van der Waals surface area contributed by atoms with E-state index in [9.17, 15) is 0 Å². The van der Waals surface area contributed by atoms with Gasteiger partial charge in [0.25, 0.3) is 0 Å². The van der Waals surface area contributed by atoms with E-state index in [1.165, 1.54) is 11.1 Å². The highest BCUT2D eigenvalue weighted by Crippen LogP contribution is 2.27. The zero-order valence-corrected chi connectivity index (χ0v) is 11.2. The fourth-order valence-corrected chi connectivity index (χ4v) is 2.57. The van der Waals surface area contributed by atoms with Crippen molar-refractivity contribution in [3.8, 4) is 0 Å². The average Bonchev–Trinajstić information content (AvgIpc) is 2.57. The average molecular weight is 282 g/mol. The monoisotopic (exact) mass is 281 g/mol. The molecule has 1 aromatic carbocycles. The molecule has 4 heteroatoms. The summed E-state index contributed by atoms with van der Waals surface area (Å²) in [5.74, 6) is 0. The fraction of sp³-hybridized carbons (Fsp3) is 0.417. The van der Waals surface area contributed by atoms with Crippen molar-refractivity contribution in [2.45, 2.75) is 12.8 Å². The summed E-state index contributed by atoms with van der Waals surface area (Å²) in [6.45, 7) is 1.04. The van der Waals surface area contributed by atoms with Crippen molar-refractivity contribution in [2.75, 3.05) is 13.6 Å². The number of rotatable bonds is 4. The highest BCUT2D eigenvalue weighted by Gasteiger charge is 2.10. The minimum atomic E-state index is 1.04. The summed E-state index contributed by atoms with van der Waals surface area (Å²) in [6.07, 6.45) is 2.18. The van der Waals surface area contributed by atoms with E-state index < -0.39 is 0 Å². The van der Waals surface area contributed by atoms with Gasteiger partial charge in [0.2, 0.25) is 0 Å². The van der Waals surface area contributed by atoms with E-state index >= 15 is 0 Å². The first-order valence-corrected chi connectivity index (χ1v) is 6.28. The molecule has 0 aliphatic heterocycles. The van der Waals surface area contributed by atoms with Gasteiger partial charge in [-0.3, -0.25) is 4.68 Å². The second-order valence-corrected chi connectivity index (χ2v) is 4.77. The number of benzene rings is 1. The Balaban J connectivity index is 2.38. The van der Waals surface area contributed by atoms with Gasteiger partial charge in [-0.05, 0) is 38.6 Å². The minimum absolute atomic E-state index is 1.04. The van der Waals surface area contributed by atoms with Crippen molar-refractivity contribution in [1.82, 2.24) is 15.1 Å². The molecule has 0 saturated heterocycles. The molecule has 0 spiro atoms. The van der Waals surface area contributed by atoms with E-state index in [4.69, 9.17) is 0 Å². The summed E-state index contributed by atoms with van der Waals surface area (Å²) in [4.78, 5) is 0. The zero-order valence-electron chi connectivity index (χ0n) is 9.63. The summed E-state index contributed by atoms with van der Waals surface area (Å²) in [6, 6.07) is 6.16. The van der Waals surface area contributed by atoms with E-state index in [1.807, 2.05) is 24.8 Å². The largest absolute Gasteiger partial charge is 0.320 e. The molecule has 0 radical (unpaired) electrons. The van der Waals surface area contributed by atoms with Gasteiger partial charge in [-0.15, -0.1) is 0 Å². The van der Waals surface area contributed by atoms with Crippen LogP contribution in [0.2, 0.25) is 0 Å². The lowest BCUT2D eigenvalue weighted by Gasteiger charge is -2.03. The Bertz CT molecular complexity index is 490. The first-order chi connectivity index (χ1) is 7.74. The maximum absolute atomic E-state index is 4.52. The maximum atomic E-state index is 4.52. The minimum Gasteiger partial charge on any atom is -0.320 e. The van der Waals surface area contributed by atoms with Crippen LogP contribution in [-0.4, -0.2) is 23.4 Å². The van der Waals surface area contributed by atoms with Gasteiger partial charge < -0.3 is 5.32 Å². The van der Waals surface area contributed by atoms with Gasteiger partial charge >= 0.3 is 0 Å². The number of halogens is 1. The number of hydrogen-bond donors (Lipinski definition) is 1. The number of aryl methyl sites for hydroxylation is 2. The Morgan fingerprint density at radius 2 is 2.25 bits per heavy atom. The van der Waals surface area contributed by atoms with Gasteiger partial charge in [-0.2, -0.15) is 5.10 Å². The van der Waals surface area contributed by atoms with Crippen LogP contribution in [0.3, 0.4) is 0 Å². The molecule has 0 bridgehead atoms. The molecule has 0 fully saturated rings. The molecule has 0 aliphatic carbocycles. The number of fused-ring (bicyclic) bond motifs is 1. The van der Waals surface area contributed by atoms with Gasteiger partial charge in [0.05, 0.1) is 5.52 Å². The first-order valence-electron chi connectivity index (χ1n) is 5.48. The van der Waals surface area contributed by atoms with Crippen molar-refractivity contribution in [2.24, 2.45) is 7.05 Å². The molecule has 86 valence electrons. The van der Waals surface area contributed by atoms with E-state index in [2.05, 4.69) is 38.5 Å². The topological polar surface area (TPSA) is 29.9 Å². The first kappa shape index (κ1) is 11.6. The van der Waals surface area contributed by atoms with Gasteiger partial charge in [-0.25, -0.2) is 0 Å². The molecular weight excluding hydrogens is 266 g/mol. The van der Waals surface area contributed by atoms with Crippen LogP contribution in [-0.2, 0) is 13.5 Å². The van der Waals surface area contributed by atoms with Crippen LogP contribution in [0.25, 0.3) is 10.9 Å². The molecular formula is C12H16BrN3. The van der Waals surface area contributed by atoms with Crippen LogP contribution in [0.1, 0.15) is 12.1 Å². The molecule has 2 aromatic rings. The Morgan fingerprint density at radius 1 is 1.44 bits per heavy atom. The normalized spacial score (nSPS) is 11.2. The fourth-order valence-electron chi connectivity index (χ4n) is 1.98. The Labute approximate surface area is 104 Å². The van der Waals surface area contributed by atoms with Gasteiger partial charge in [0, 0.05) is 22.6 Å². The molecule has 1 N–H and O–H groups in total. The number of nitrogens with zero attached hydrogens (tertiary/aromatic N) is 2. The van der Waals surface area contributed by atoms with E-state index in [-0.39, 0.29) is 0 Å². The molecule has 1 heterocycles. The Kier molecular flexibility index (Phi) is 3.61. The molecule has 3 nitrogen and oxygen atoms in total. The summed E-state index contributed by atoms with van der Waals surface area (Å²) < 4.78 is 3.13. The Morgan fingerprint density at radius 3 is 3.00 bits per heavy atom. The molecule has 0 unspecified atom stereocenters. The van der Waals surface area contributed by atoms with Crippen LogP contribution in [0.5, 0.6) is 0 Å². The summed E-state index contributed by atoms with van der Waals surface area (Å²) in [5, 5.41) is 8.94. The van der Waals surface area contributed by atoms with Crippen molar-refractivity contribution in [1.29, 1.82) is 0 Å². The standard InChI is InChI=1S/C12H16BrN3/c1-14-8-4-7-11-12-9(13)5-3-6-10(12)15-16(11)2/h3,5-6,14H,4,7-8H2,1-2H3. The van der Waals surface area contributed by atoms with Crippen LogP contribution in [0.4, 0.5) is 0 Å². The smallest absolute Gasteiger partial charge is 0.0937 e. The predicted molar refractivity (Wildman–Crippen MR) is 70.7 cm³/mol. The van der Waals surface area contributed by atoms with E-state index in [0.29, 0.717) is 0 Å². The van der Waals surface area contributed by atoms with Crippen LogP contribution in [0.15, 0.2) is 22.7 Å². The summed E-state index contributed by atoms with van der Waals surface area (Å²) in [7, 11) is 4.00. The van der Waals surface area contributed by atoms with Gasteiger partial charge in [0.1, 0.15) is 0 Å². The summed E-state index contributed by atoms with van der Waals surface area (Å²) in [5.41, 5.74) is 2.37. The van der Waals surface area contributed by atoms with Crippen molar-refractivity contribution >= 4 is 26.8 Å². The zero-order chi connectivity index (χ0) is 11.5. The third kappa shape index (κ3) is 2.13. The molecule has 2 rings (SSSR count). The van der Waals surface area contributed by atoms with E-state index in [1.54, 1.807) is 0 Å². The second kappa shape index (κ2) is 4.97. The van der Waals surface area contributed by atoms with Crippen molar-refractivity contribution in [3.63, 3.8) is 0 Å². The van der Waals surface area contributed by atoms with Crippen LogP contribution < -0.4 is 5.32 Å². The molecule has 0 aliphatic rings. The molecule has 16 heavy (non-hydrogen) atoms.